The molecule has 0 saturated heterocycles. The Morgan fingerprint density at radius 1 is 1.53 bits per heavy atom. The van der Waals surface area contributed by atoms with Crippen LogP contribution in [0.5, 0.6) is 0 Å². The van der Waals surface area contributed by atoms with Crippen LogP contribution in [0.1, 0.15) is 24.2 Å². The second-order valence-corrected chi connectivity index (χ2v) is 5.30. The third-order valence-corrected chi connectivity index (χ3v) is 4.32. The molecule has 0 aliphatic carbocycles. The summed E-state index contributed by atoms with van der Waals surface area (Å²) in [5.41, 5.74) is 1.14. The molecule has 82 valence electrons. The molecule has 0 spiro atoms. The molecule has 4 heteroatoms. The summed E-state index contributed by atoms with van der Waals surface area (Å²) in [7, 11) is 0. The second kappa shape index (κ2) is 4.32. The largest absolute Gasteiger partial charge is 0.388 e. The number of aliphatic hydroxyl groups is 1. The quantitative estimate of drug-likeness (QED) is 0.757. The minimum absolute atomic E-state index is 0.0595. The molecule has 2 atom stereocenters. The first kappa shape index (κ1) is 11.2. The van der Waals surface area contributed by atoms with E-state index in [1.807, 2.05) is 6.92 Å². The number of rotatable bonds is 0. The van der Waals surface area contributed by atoms with Crippen LogP contribution in [0.15, 0.2) is 12.1 Å². The maximum absolute atomic E-state index is 13.6. The highest BCUT2D eigenvalue weighted by molar-refractivity contribution is 7.98. The van der Waals surface area contributed by atoms with Crippen molar-refractivity contribution in [3.63, 3.8) is 0 Å². The lowest BCUT2D eigenvalue weighted by Gasteiger charge is -2.18. The SMILES string of the molecule is CC1CSCc2c(Cl)ccc(F)c2C1O. The van der Waals surface area contributed by atoms with Crippen molar-refractivity contribution in [2.75, 3.05) is 5.75 Å². The summed E-state index contributed by atoms with van der Waals surface area (Å²) in [5.74, 6) is 1.21. The van der Waals surface area contributed by atoms with Crippen molar-refractivity contribution in [2.24, 2.45) is 5.92 Å². The molecule has 1 aromatic rings. The predicted octanol–water partition coefficient (Wildman–Crippen LogP) is 3.40. The van der Waals surface area contributed by atoms with Crippen molar-refractivity contribution in [3.05, 3.63) is 34.1 Å². The van der Waals surface area contributed by atoms with Crippen LogP contribution in [0.2, 0.25) is 5.02 Å². The lowest BCUT2D eigenvalue weighted by molar-refractivity contribution is 0.125. The Morgan fingerprint density at radius 3 is 3.00 bits per heavy atom. The molecule has 0 saturated carbocycles. The molecule has 15 heavy (non-hydrogen) atoms. The summed E-state index contributed by atoms with van der Waals surface area (Å²) in [6.45, 7) is 1.92. The van der Waals surface area contributed by atoms with E-state index in [4.69, 9.17) is 11.6 Å². The van der Waals surface area contributed by atoms with Gasteiger partial charge in [0.2, 0.25) is 0 Å². The van der Waals surface area contributed by atoms with Gasteiger partial charge in [-0.25, -0.2) is 4.39 Å². The van der Waals surface area contributed by atoms with E-state index in [1.54, 1.807) is 17.8 Å². The fourth-order valence-electron chi connectivity index (χ4n) is 1.80. The molecule has 0 amide bonds. The van der Waals surface area contributed by atoms with E-state index in [2.05, 4.69) is 0 Å². The van der Waals surface area contributed by atoms with Crippen LogP contribution >= 0.6 is 23.4 Å². The van der Waals surface area contributed by atoms with Gasteiger partial charge in [0.1, 0.15) is 5.82 Å². The van der Waals surface area contributed by atoms with Gasteiger partial charge in [-0.15, -0.1) is 0 Å². The van der Waals surface area contributed by atoms with Crippen molar-refractivity contribution in [1.82, 2.24) is 0 Å². The van der Waals surface area contributed by atoms with Gasteiger partial charge in [0, 0.05) is 16.3 Å². The first-order chi connectivity index (χ1) is 7.11. The summed E-state index contributed by atoms with van der Waals surface area (Å²) in [5, 5.41) is 10.6. The van der Waals surface area contributed by atoms with Crippen molar-refractivity contribution < 1.29 is 9.50 Å². The molecule has 2 unspecified atom stereocenters. The van der Waals surface area contributed by atoms with Gasteiger partial charge in [-0.1, -0.05) is 18.5 Å². The number of hydrogen-bond donors (Lipinski definition) is 1. The summed E-state index contributed by atoms with van der Waals surface area (Å²) in [4.78, 5) is 0. The van der Waals surface area contributed by atoms with Gasteiger partial charge < -0.3 is 5.11 Å². The maximum atomic E-state index is 13.6. The smallest absolute Gasteiger partial charge is 0.129 e. The van der Waals surface area contributed by atoms with Gasteiger partial charge in [0.25, 0.3) is 0 Å². The lowest BCUT2D eigenvalue weighted by atomic mass is 9.95. The van der Waals surface area contributed by atoms with Crippen LogP contribution in [0.25, 0.3) is 0 Å². The lowest BCUT2D eigenvalue weighted by Crippen LogP contribution is -2.12. The first-order valence-corrected chi connectivity index (χ1v) is 6.37. The molecular formula is C11H12ClFOS. The number of benzene rings is 1. The number of fused-ring (bicyclic) bond motifs is 1. The van der Waals surface area contributed by atoms with Gasteiger partial charge >= 0.3 is 0 Å². The number of halogens is 2. The molecule has 0 bridgehead atoms. The Morgan fingerprint density at radius 2 is 2.27 bits per heavy atom. The Hall–Kier alpha value is -0.250. The molecule has 1 aliphatic heterocycles. The molecule has 2 rings (SSSR count). The molecule has 1 nitrogen and oxygen atoms in total. The molecule has 1 aliphatic rings. The van der Waals surface area contributed by atoms with E-state index in [9.17, 15) is 9.50 Å². The summed E-state index contributed by atoms with van der Waals surface area (Å²) in [6, 6.07) is 2.88. The van der Waals surface area contributed by atoms with E-state index in [0.29, 0.717) is 16.3 Å². The molecule has 1 heterocycles. The topological polar surface area (TPSA) is 20.2 Å². The first-order valence-electron chi connectivity index (χ1n) is 4.84. The normalized spacial score (nSPS) is 25.9. The Labute approximate surface area is 97.6 Å². The highest BCUT2D eigenvalue weighted by Crippen LogP contribution is 2.38. The van der Waals surface area contributed by atoms with Crippen LogP contribution in [0.3, 0.4) is 0 Å². The summed E-state index contributed by atoms with van der Waals surface area (Å²) >= 11 is 7.69. The minimum Gasteiger partial charge on any atom is -0.388 e. The molecule has 1 aromatic carbocycles. The summed E-state index contributed by atoms with van der Waals surface area (Å²) < 4.78 is 13.6. The third-order valence-electron chi connectivity index (χ3n) is 2.71. The van der Waals surface area contributed by atoms with Crippen LogP contribution in [0, 0.1) is 11.7 Å². The fourth-order valence-corrected chi connectivity index (χ4v) is 3.30. The van der Waals surface area contributed by atoms with Crippen molar-refractivity contribution >= 4 is 23.4 Å². The fraction of sp³-hybridized carbons (Fsp3) is 0.455. The molecule has 1 N–H and O–H groups in total. The molecule has 0 radical (unpaired) electrons. The zero-order valence-electron chi connectivity index (χ0n) is 8.34. The van der Waals surface area contributed by atoms with E-state index in [0.717, 1.165) is 11.3 Å². The van der Waals surface area contributed by atoms with Gasteiger partial charge in [0.15, 0.2) is 0 Å². The number of thioether (sulfide) groups is 1. The minimum atomic E-state index is -0.742. The van der Waals surface area contributed by atoms with E-state index >= 15 is 0 Å². The van der Waals surface area contributed by atoms with E-state index in [-0.39, 0.29) is 11.7 Å². The van der Waals surface area contributed by atoms with Gasteiger partial charge in [-0.2, -0.15) is 11.8 Å². The van der Waals surface area contributed by atoms with Crippen molar-refractivity contribution in [3.8, 4) is 0 Å². The maximum Gasteiger partial charge on any atom is 0.129 e. The number of hydrogen-bond acceptors (Lipinski definition) is 2. The summed E-state index contributed by atoms with van der Waals surface area (Å²) in [6.07, 6.45) is -0.742. The van der Waals surface area contributed by atoms with Gasteiger partial charge in [-0.3, -0.25) is 0 Å². The zero-order chi connectivity index (χ0) is 11.0. The van der Waals surface area contributed by atoms with Crippen LogP contribution < -0.4 is 0 Å². The van der Waals surface area contributed by atoms with Crippen molar-refractivity contribution in [1.29, 1.82) is 0 Å². The zero-order valence-corrected chi connectivity index (χ0v) is 9.91. The monoisotopic (exact) mass is 246 g/mol. The average Bonchev–Trinajstić information content (AvgIpc) is 2.35. The molecular weight excluding hydrogens is 235 g/mol. The van der Waals surface area contributed by atoms with Gasteiger partial charge in [0.05, 0.1) is 6.10 Å². The van der Waals surface area contributed by atoms with Crippen LogP contribution in [-0.4, -0.2) is 10.9 Å². The highest BCUT2D eigenvalue weighted by Gasteiger charge is 2.27. The third kappa shape index (κ3) is 2.01. The Kier molecular flexibility index (Phi) is 3.24. The van der Waals surface area contributed by atoms with Crippen LogP contribution in [0.4, 0.5) is 4.39 Å². The second-order valence-electron chi connectivity index (χ2n) is 3.86. The van der Waals surface area contributed by atoms with E-state index in [1.165, 1.54) is 6.07 Å². The van der Waals surface area contributed by atoms with Gasteiger partial charge in [-0.05, 0) is 29.4 Å². The Bertz CT molecular complexity index is 383. The predicted molar refractivity (Wildman–Crippen MR) is 61.7 cm³/mol. The average molecular weight is 247 g/mol. The van der Waals surface area contributed by atoms with Crippen LogP contribution in [-0.2, 0) is 5.75 Å². The molecule has 0 aromatic heterocycles. The van der Waals surface area contributed by atoms with Crippen molar-refractivity contribution in [2.45, 2.75) is 18.8 Å². The highest BCUT2D eigenvalue weighted by atomic mass is 35.5. The number of aliphatic hydroxyl groups excluding tert-OH is 1. The Balaban J connectivity index is 2.57. The molecule has 0 fully saturated rings. The standard InChI is InChI=1S/C11H12ClFOS/c1-6-4-15-5-7-8(12)2-3-9(13)10(7)11(6)14/h2-3,6,11,14H,4-5H2,1H3. The van der Waals surface area contributed by atoms with E-state index < -0.39 is 6.10 Å².